The minimum atomic E-state index is -3.49. The number of fused-ring (bicyclic) bond motifs is 1. The first-order chi connectivity index (χ1) is 11.7. The lowest BCUT2D eigenvalue weighted by Gasteiger charge is -2.29. The van der Waals surface area contributed by atoms with Gasteiger partial charge in [-0.3, -0.25) is 13.8 Å². The van der Waals surface area contributed by atoms with Crippen LogP contribution in [0.5, 0.6) is 0 Å². The molecule has 2 bridgehead atoms. The van der Waals surface area contributed by atoms with Crippen LogP contribution in [0.4, 0.5) is 0 Å². The molecule has 0 radical (unpaired) electrons. The second-order valence-electron chi connectivity index (χ2n) is 6.96. The average Bonchev–Trinajstić information content (AvgIpc) is 3.10. The Bertz CT molecular complexity index is 689. The Morgan fingerprint density at radius 3 is 2.68 bits per heavy atom. The van der Waals surface area contributed by atoms with Crippen molar-refractivity contribution in [1.29, 1.82) is 0 Å². The number of carbonyl (C=O) groups is 2. The molecule has 0 aromatic carbocycles. The maximum atomic E-state index is 12.0. The molecule has 2 aliphatic carbocycles. The molecule has 3 fully saturated rings. The van der Waals surface area contributed by atoms with Crippen LogP contribution in [0.3, 0.4) is 0 Å². The third kappa shape index (κ3) is 3.32. The van der Waals surface area contributed by atoms with Gasteiger partial charge in [-0.05, 0) is 25.2 Å². The van der Waals surface area contributed by atoms with Crippen LogP contribution in [0.15, 0.2) is 12.2 Å². The Labute approximate surface area is 147 Å². The first-order valence-electron chi connectivity index (χ1n) is 8.35. The van der Waals surface area contributed by atoms with E-state index < -0.39 is 33.3 Å². The normalized spacial score (nSPS) is 37.0. The van der Waals surface area contributed by atoms with Crippen LogP contribution < -0.4 is 5.32 Å². The number of carbonyl (C=O) groups excluding carboxylic acids is 2. The summed E-state index contributed by atoms with van der Waals surface area (Å²) in [6.07, 6.45) is 0.102. The molecule has 1 heterocycles. The fourth-order valence-electron chi connectivity index (χ4n) is 4.27. The van der Waals surface area contributed by atoms with Crippen molar-refractivity contribution in [2.45, 2.75) is 37.7 Å². The second kappa shape index (κ2) is 6.69. The quantitative estimate of drug-likeness (QED) is 0.289. The summed E-state index contributed by atoms with van der Waals surface area (Å²) in [7, 11) is -3.49. The van der Waals surface area contributed by atoms with Gasteiger partial charge in [0.2, 0.25) is 5.91 Å². The highest BCUT2D eigenvalue weighted by molar-refractivity contribution is 7.87. The van der Waals surface area contributed by atoms with E-state index in [4.69, 9.17) is 13.7 Å². The topological polar surface area (TPSA) is 108 Å². The molecule has 9 heteroatoms. The van der Waals surface area contributed by atoms with Crippen LogP contribution in [0.1, 0.15) is 20.3 Å². The number of amides is 1. The number of esters is 1. The van der Waals surface area contributed by atoms with Gasteiger partial charge in [-0.25, -0.2) is 0 Å². The zero-order valence-electron chi connectivity index (χ0n) is 14.3. The first kappa shape index (κ1) is 18.3. The third-order valence-corrected chi connectivity index (χ3v) is 7.28. The molecule has 3 aliphatic rings. The summed E-state index contributed by atoms with van der Waals surface area (Å²) in [6, 6.07) is 0. The summed E-state index contributed by atoms with van der Waals surface area (Å²) in [5.41, 5.74) is 0.311. The van der Waals surface area contributed by atoms with E-state index in [0.29, 0.717) is 5.57 Å². The second-order valence-corrected chi connectivity index (χ2v) is 8.68. The van der Waals surface area contributed by atoms with Crippen LogP contribution in [0.25, 0.3) is 0 Å². The molecule has 1 amide bonds. The number of nitrogens with one attached hydrogen (secondary N) is 1. The van der Waals surface area contributed by atoms with E-state index >= 15 is 0 Å². The highest BCUT2D eigenvalue weighted by Crippen LogP contribution is 2.58. The first-order valence-corrected chi connectivity index (χ1v) is 9.82. The zero-order chi connectivity index (χ0) is 18.4. The van der Waals surface area contributed by atoms with Crippen LogP contribution in [0.2, 0.25) is 0 Å². The Balaban J connectivity index is 1.41. The van der Waals surface area contributed by atoms with Crippen molar-refractivity contribution >= 4 is 22.0 Å². The number of rotatable bonds is 7. The highest BCUT2D eigenvalue weighted by Gasteiger charge is 2.67. The van der Waals surface area contributed by atoms with Gasteiger partial charge < -0.3 is 14.8 Å². The molecule has 25 heavy (non-hydrogen) atoms. The molecule has 0 spiro atoms. The van der Waals surface area contributed by atoms with Gasteiger partial charge in [0, 0.05) is 11.5 Å². The smallest absolute Gasteiger partial charge is 0.325 e. The lowest BCUT2D eigenvalue weighted by atomic mass is 9.86. The molecule has 0 aromatic heterocycles. The van der Waals surface area contributed by atoms with E-state index in [1.165, 1.54) is 0 Å². The third-order valence-electron chi connectivity index (χ3n) is 5.34. The summed E-state index contributed by atoms with van der Waals surface area (Å²) >= 11 is 0. The number of hydrogen-bond acceptors (Lipinski definition) is 7. The zero-order valence-corrected chi connectivity index (χ0v) is 15.1. The summed E-state index contributed by atoms with van der Waals surface area (Å²) in [5, 5.41) is 1.98. The summed E-state index contributed by atoms with van der Waals surface area (Å²) in [6.45, 7) is 6.90. The van der Waals surface area contributed by atoms with Crippen LogP contribution >= 0.6 is 0 Å². The molecule has 1 aliphatic heterocycles. The largest absolute Gasteiger partial charge is 0.462 e. The highest BCUT2D eigenvalue weighted by atomic mass is 32.2. The van der Waals surface area contributed by atoms with Gasteiger partial charge in [-0.15, -0.1) is 0 Å². The Morgan fingerprint density at radius 2 is 2.00 bits per heavy atom. The van der Waals surface area contributed by atoms with Crippen molar-refractivity contribution in [3.05, 3.63) is 12.2 Å². The van der Waals surface area contributed by atoms with Gasteiger partial charge in [0.1, 0.15) is 19.3 Å². The summed E-state index contributed by atoms with van der Waals surface area (Å²) < 4.78 is 40.1. The van der Waals surface area contributed by atoms with Crippen molar-refractivity contribution < 1.29 is 31.7 Å². The lowest BCUT2D eigenvalue weighted by Crippen LogP contribution is -2.41. The van der Waals surface area contributed by atoms with Crippen molar-refractivity contribution in [2.75, 3.05) is 19.8 Å². The van der Waals surface area contributed by atoms with E-state index in [0.717, 1.165) is 6.42 Å². The fourth-order valence-corrected chi connectivity index (χ4v) is 6.38. The molecule has 0 aromatic rings. The van der Waals surface area contributed by atoms with Gasteiger partial charge in [0.05, 0.1) is 18.0 Å². The fraction of sp³-hybridized carbons (Fsp3) is 0.750. The van der Waals surface area contributed by atoms with Crippen molar-refractivity contribution in [3.63, 3.8) is 0 Å². The number of ether oxygens (including phenoxy) is 2. The molecular weight excluding hydrogens is 350 g/mol. The minimum absolute atomic E-state index is 0.00917. The van der Waals surface area contributed by atoms with Crippen LogP contribution in [0, 0.1) is 17.8 Å². The molecule has 3 rings (SSSR count). The lowest BCUT2D eigenvalue weighted by molar-refractivity contribution is -0.147. The molecule has 6 atom stereocenters. The van der Waals surface area contributed by atoms with E-state index in [9.17, 15) is 18.0 Å². The van der Waals surface area contributed by atoms with E-state index in [1.807, 2.05) is 6.92 Å². The van der Waals surface area contributed by atoms with Gasteiger partial charge in [0.25, 0.3) is 10.1 Å². The summed E-state index contributed by atoms with van der Waals surface area (Å²) in [4.78, 5) is 22.8. The molecule has 6 unspecified atom stereocenters. The Hall–Kier alpha value is -1.45. The molecule has 8 nitrogen and oxygen atoms in total. The van der Waals surface area contributed by atoms with Crippen molar-refractivity contribution in [1.82, 2.24) is 5.32 Å². The minimum Gasteiger partial charge on any atom is -0.462 e. The standard InChI is InChI=1S/C16H23NO7S/c1-8(2)16(19)17-7-12(18)22-4-5-23-13-10-6-11-14(13)24-25(20,21)15(11)9(10)3/h9-11,13-15H,1,4-7H2,2-3H3,(H,17,19). The van der Waals surface area contributed by atoms with E-state index in [-0.39, 0.29) is 43.6 Å². The van der Waals surface area contributed by atoms with Crippen LogP contribution in [-0.4, -0.2) is 57.5 Å². The predicted molar refractivity (Wildman–Crippen MR) is 86.9 cm³/mol. The van der Waals surface area contributed by atoms with E-state index in [2.05, 4.69) is 11.9 Å². The number of hydrogen-bond donors (Lipinski definition) is 1. The summed E-state index contributed by atoms with van der Waals surface area (Å²) in [5.74, 6) is -0.797. The van der Waals surface area contributed by atoms with E-state index in [1.54, 1.807) is 6.92 Å². The molecule has 140 valence electrons. The molecule has 1 saturated heterocycles. The van der Waals surface area contributed by atoms with Gasteiger partial charge >= 0.3 is 5.97 Å². The maximum Gasteiger partial charge on any atom is 0.325 e. The Morgan fingerprint density at radius 1 is 1.28 bits per heavy atom. The van der Waals surface area contributed by atoms with Crippen molar-refractivity contribution in [3.8, 4) is 0 Å². The molecule has 1 N–H and O–H groups in total. The SMILES string of the molecule is C=C(C)C(=O)NCC(=O)OCCOC1C2CC3C1OS(=O)(=O)C3C2C. The van der Waals surface area contributed by atoms with Gasteiger partial charge in [-0.1, -0.05) is 13.5 Å². The van der Waals surface area contributed by atoms with Gasteiger partial charge in [0.15, 0.2) is 0 Å². The predicted octanol–water partition coefficient (Wildman–Crippen LogP) is -0.00990. The van der Waals surface area contributed by atoms with Crippen LogP contribution in [-0.2, 0) is 33.4 Å². The Kier molecular flexibility index (Phi) is 4.91. The monoisotopic (exact) mass is 373 g/mol. The van der Waals surface area contributed by atoms with Crippen molar-refractivity contribution in [2.24, 2.45) is 17.8 Å². The molecular formula is C16H23NO7S. The maximum absolute atomic E-state index is 12.0. The average molecular weight is 373 g/mol. The van der Waals surface area contributed by atoms with Gasteiger partial charge in [-0.2, -0.15) is 8.42 Å². The molecule has 2 saturated carbocycles.